The van der Waals surface area contributed by atoms with E-state index in [1.807, 2.05) is 20.8 Å². The molecule has 0 radical (unpaired) electrons. The summed E-state index contributed by atoms with van der Waals surface area (Å²) in [7, 11) is 0. The first-order chi connectivity index (χ1) is 13.2. The highest BCUT2D eigenvalue weighted by atomic mass is 16.6. The van der Waals surface area contributed by atoms with Crippen molar-refractivity contribution >= 4 is 22.8 Å². The number of hydrogen-bond acceptors (Lipinski definition) is 7. The van der Waals surface area contributed by atoms with Crippen LogP contribution in [0.1, 0.15) is 40.0 Å². The number of piperidine rings is 1. The Kier molecular flexibility index (Phi) is 5.62. The number of amides is 1. The highest BCUT2D eigenvalue weighted by Crippen LogP contribution is 2.23. The SMILES string of the molecule is CC(C)(C)OC(=O)N1CCCCC1COc1cnc2cc([N+](=O)[O-])ccc2n1. The molecule has 1 unspecified atom stereocenters. The summed E-state index contributed by atoms with van der Waals surface area (Å²) in [5, 5.41) is 10.9. The van der Waals surface area contributed by atoms with Crippen LogP contribution >= 0.6 is 0 Å². The molecule has 1 atom stereocenters. The van der Waals surface area contributed by atoms with Crippen LogP contribution in [0.2, 0.25) is 0 Å². The number of hydrogen-bond donors (Lipinski definition) is 0. The minimum atomic E-state index is -0.549. The minimum Gasteiger partial charge on any atom is -0.474 e. The third-order valence-corrected chi connectivity index (χ3v) is 4.39. The van der Waals surface area contributed by atoms with Crippen molar-refractivity contribution in [3.05, 3.63) is 34.5 Å². The molecule has 1 fully saturated rings. The van der Waals surface area contributed by atoms with Gasteiger partial charge in [0.1, 0.15) is 12.2 Å². The summed E-state index contributed by atoms with van der Waals surface area (Å²) in [6.45, 7) is 6.45. The molecule has 0 aliphatic carbocycles. The molecule has 1 saturated heterocycles. The number of carbonyl (C=O) groups is 1. The lowest BCUT2D eigenvalue weighted by Gasteiger charge is -2.36. The van der Waals surface area contributed by atoms with Gasteiger partial charge in [0.25, 0.3) is 5.69 Å². The number of benzene rings is 1. The summed E-state index contributed by atoms with van der Waals surface area (Å²) >= 11 is 0. The molecule has 28 heavy (non-hydrogen) atoms. The Hall–Kier alpha value is -2.97. The van der Waals surface area contributed by atoms with Crippen molar-refractivity contribution in [3.8, 4) is 5.88 Å². The standard InChI is InChI=1S/C19H24N4O5/c1-19(2,3)28-18(24)22-9-5-4-6-14(22)12-27-17-11-20-16-10-13(23(25)26)7-8-15(16)21-17/h7-8,10-11,14H,4-6,9,12H2,1-3H3. The van der Waals surface area contributed by atoms with Crippen molar-refractivity contribution in [2.75, 3.05) is 13.2 Å². The summed E-state index contributed by atoms with van der Waals surface area (Å²) in [4.78, 5) is 33.1. The number of nitrogens with zero attached hydrogens (tertiary/aromatic N) is 4. The zero-order valence-corrected chi connectivity index (χ0v) is 16.3. The number of non-ortho nitro benzene ring substituents is 1. The highest BCUT2D eigenvalue weighted by molar-refractivity contribution is 5.77. The van der Waals surface area contributed by atoms with Crippen LogP contribution in [0.3, 0.4) is 0 Å². The van der Waals surface area contributed by atoms with E-state index in [1.54, 1.807) is 11.0 Å². The number of ether oxygens (including phenoxy) is 2. The molecule has 1 aromatic carbocycles. The van der Waals surface area contributed by atoms with Crippen LogP contribution in [-0.4, -0.2) is 50.7 Å². The van der Waals surface area contributed by atoms with Crippen LogP contribution in [0.4, 0.5) is 10.5 Å². The van der Waals surface area contributed by atoms with Gasteiger partial charge in [-0.25, -0.2) is 14.8 Å². The van der Waals surface area contributed by atoms with Gasteiger partial charge < -0.3 is 14.4 Å². The minimum absolute atomic E-state index is 0.0364. The fourth-order valence-corrected chi connectivity index (χ4v) is 3.08. The van der Waals surface area contributed by atoms with Crippen LogP contribution < -0.4 is 4.74 Å². The Labute approximate surface area is 162 Å². The third-order valence-electron chi connectivity index (χ3n) is 4.39. The van der Waals surface area contributed by atoms with E-state index in [-0.39, 0.29) is 24.4 Å². The summed E-state index contributed by atoms with van der Waals surface area (Å²) in [5.74, 6) is 0.316. The van der Waals surface area contributed by atoms with Crippen LogP contribution in [0, 0.1) is 10.1 Å². The maximum Gasteiger partial charge on any atom is 0.410 e. The Morgan fingerprint density at radius 2 is 2.11 bits per heavy atom. The number of nitro benzene ring substituents is 1. The molecule has 9 heteroatoms. The lowest BCUT2D eigenvalue weighted by molar-refractivity contribution is -0.384. The number of nitro groups is 1. The van der Waals surface area contributed by atoms with Gasteiger partial charge in [-0.3, -0.25) is 10.1 Å². The molecule has 0 spiro atoms. The molecule has 150 valence electrons. The third kappa shape index (κ3) is 4.85. The van der Waals surface area contributed by atoms with Gasteiger partial charge in [0.15, 0.2) is 0 Å². The molecule has 1 aromatic heterocycles. The van der Waals surface area contributed by atoms with Gasteiger partial charge in [-0.15, -0.1) is 0 Å². The summed E-state index contributed by atoms with van der Waals surface area (Å²) in [6, 6.07) is 4.20. The zero-order valence-electron chi connectivity index (χ0n) is 16.3. The first-order valence-electron chi connectivity index (χ1n) is 9.26. The predicted octanol–water partition coefficient (Wildman–Crippen LogP) is 3.71. The number of likely N-dealkylation sites (tertiary alicyclic amines) is 1. The van der Waals surface area contributed by atoms with Gasteiger partial charge in [0.05, 0.1) is 28.2 Å². The number of carbonyl (C=O) groups excluding carboxylic acids is 1. The second-order valence-corrected chi connectivity index (χ2v) is 7.77. The predicted molar refractivity (Wildman–Crippen MR) is 102 cm³/mol. The number of fused-ring (bicyclic) bond motifs is 1. The van der Waals surface area contributed by atoms with Crippen molar-refractivity contribution in [3.63, 3.8) is 0 Å². The molecule has 1 aliphatic rings. The lowest BCUT2D eigenvalue weighted by atomic mass is 10.0. The van der Waals surface area contributed by atoms with E-state index in [1.165, 1.54) is 18.3 Å². The van der Waals surface area contributed by atoms with Gasteiger partial charge in [-0.05, 0) is 46.1 Å². The van der Waals surface area contributed by atoms with Crippen molar-refractivity contribution in [1.82, 2.24) is 14.9 Å². The smallest absolute Gasteiger partial charge is 0.410 e. The quantitative estimate of drug-likeness (QED) is 0.580. The van der Waals surface area contributed by atoms with Gasteiger partial charge in [0.2, 0.25) is 5.88 Å². The molecular weight excluding hydrogens is 364 g/mol. The maximum absolute atomic E-state index is 12.5. The van der Waals surface area contributed by atoms with Crippen LogP contribution in [0.15, 0.2) is 24.4 Å². The Balaban J connectivity index is 1.68. The molecular formula is C19H24N4O5. The van der Waals surface area contributed by atoms with E-state index >= 15 is 0 Å². The molecule has 2 aromatic rings. The average molecular weight is 388 g/mol. The Bertz CT molecular complexity index is 880. The topological polar surface area (TPSA) is 108 Å². The monoisotopic (exact) mass is 388 g/mol. The average Bonchev–Trinajstić information content (AvgIpc) is 2.64. The maximum atomic E-state index is 12.5. The first kappa shape index (κ1) is 19.8. The van der Waals surface area contributed by atoms with Gasteiger partial charge in [-0.2, -0.15) is 0 Å². The molecule has 0 saturated carbocycles. The van der Waals surface area contributed by atoms with Crippen LogP contribution in [-0.2, 0) is 4.74 Å². The van der Waals surface area contributed by atoms with Crippen LogP contribution in [0.5, 0.6) is 5.88 Å². The molecule has 1 aliphatic heterocycles. The van der Waals surface area contributed by atoms with Gasteiger partial charge >= 0.3 is 6.09 Å². The fourth-order valence-electron chi connectivity index (χ4n) is 3.08. The van der Waals surface area contributed by atoms with Crippen molar-refractivity contribution in [2.24, 2.45) is 0 Å². The first-order valence-corrected chi connectivity index (χ1v) is 9.26. The van der Waals surface area contributed by atoms with Crippen molar-refractivity contribution < 1.29 is 19.2 Å². The molecule has 0 bridgehead atoms. The Morgan fingerprint density at radius 3 is 2.82 bits per heavy atom. The second-order valence-electron chi connectivity index (χ2n) is 7.77. The van der Waals surface area contributed by atoms with E-state index in [2.05, 4.69) is 9.97 Å². The van der Waals surface area contributed by atoms with Crippen molar-refractivity contribution in [2.45, 2.75) is 51.7 Å². The number of rotatable bonds is 4. The zero-order chi connectivity index (χ0) is 20.3. The van der Waals surface area contributed by atoms with E-state index in [0.29, 0.717) is 23.5 Å². The van der Waals surface area contributed by atoms with Gasteiger partial charge in [0, 0.05) is 18.7 Å². The van der Waals surface area contributed by atoms with Crippen LogP contribution in [0.25, 0.3) is 11.0 Å². The van der Waals surface area contributed by atoms with E-state index < -0.39 is 10.5 Å². The number of aromatic nitrogens is 2. The summed E-state index contributed by atoms with van der Waals surface area (Å²) < 4.78 is 11.3. The van der Waals surface area contributed by atoms with E-state index in [9.17, 15) is 14.9 Å². The summed E-state index contributed by atoms with van der Waals surface area (Å²) in [6.07, 6.45) is 3.88. The molecule has 3 rings (SSSR count). The fraction of sp³-hybridized carbons (Fsp3) is 0.526. The van der Waals surface area contributed by atoms with Gasteiger partial charge in [-0.1, -0.05) is 0 Å². The normalized spacial score (nSPS) is 17.4. The van der Waals surface area contributed by atoms with Crippen molar-refractivity contribution in [1.29, 1.82) is 0 Å². The molecule has 1 amide bonds. The molecule has 0 N–H and O–H groups in total. The van der Waals surface area contributed by atoms with E-state index in [4.69, 9.17) is 9.47 Å². The lowest BCUT2D eigenvalue weighted by Crippen LogP contribution is -2.48. The highest BCUT2D eigenvalue weighted by Gasteiger charge is 2.31. The largest absolute Gasteiger partial charge is 0.474 e. The second kappa shape index (κ2) is 7.95. The molecule has 2 heterocycles. The van der Waals surface area contributed by atoms with E-state index in [0.717, 1.165) is 19.3 Å². The Morgan fingerprint density at radius 1 is 1.32 bits per heavy atom. The summed E-state index contributed by atoms with van der Waals surface area (Å²) in [5.41, 5.74) is 0.350. The molecule has 9 nitrogen and oxygen atoms in total.